The Morgan fingerprint density at radius 3 is 2.48 bits per heavy atom. The summed E-state index contributed by atoms with van der Waals surface area (Å²) in [5, 5.41) is 4.70. The van der Waals surface area contributed by atoms with Crippen LogP contribution >= 0.6 is 0 Å². The summed E-state index contributed by atoms with van der Waals surface area (Å²) in [5.41, 5.74) is 3.79. The SMILES string of the molecule is Cc1cc(C(F)F)c2c(C)nn(CC(=O)N3CCN(Cc4ccccc4C)CC3)c2n1. The van der Waals surface area contributed by atoms with Gasteiger partial charge in [-0.1, -0.05) is 24.3 Å². The first-order chi connectivity index (χ1) is 14.8. The first-order valence-electron chi connectivity index (χ1n) is 10.5. The first-order valence-corrected chi connectivity index (χ1v) is 10.5. The molecule has 1 aliphatic rings. The molecule has 0 atom stereocenters. The fraction of sp³-hybridized carbons (Fsp3) is 0.435. The second-order valence-corrected chi connectivity index (χ2v) is 8.18. The van der Waals surface area contributed by atoms with Gasteiger partial charge in [0.05, 0.1) is 11.1 Å². The van der Waals surface area contributed by atoms with Crippen molar-refractivity contribution >= 4 is 16.9 Å². The highest BCUT2D eigenvalue weighted by Gasteiger charge is 2.24. The van der Waals surface area contributed by atoms with Crippen LogP contribution in [0.3, 0.4) is 0 Å². The highest BCUT2D eigenvalue weighted by atomic mass is 19.3. The monoisotopic (exact) mass is 427 g/mol. The lowest BCUT2D eigenvalue weighted by molar-refractivity contribution is -0.133. The number of piperazine rings is 1. The number of rotatable bonds is 5. The van der Waals surface area contributed by atoms with E-state index in [2.05, 4.69) is 34.0 Å². The van der Waals surface area contributed by atoms with Gasteiger partial charge >= 0.3 is 0 Å². The quantitative estimate of drug-likeness (QED) is 0.624. The molecule has 164 valence electrons. The summed E-state index contributed by atoms with van der Waals surface area (Å²) in [6.45, 7) is 9.20. The zero-order chi connectivity index (χ0) is 22.1. The lowest BCUT2D eigenvalue weighted by Crippen LogP contribution is -2.49. The third-order valence-corrected chi connectivity index (χ3v) is 5.94. The van der Waals surface area contributed by atoms with E-state index in [1.165, 1.54) is 21.9 Å². The predicted octanol–water partition coefficient (Wildman–Crippen LogP) is 3.64. The van der Waals surface area contributed by atoms with E-state index < -0.39 is 6.43 Å². The number of nitrogens with zero attached hydrogens (tertiary/aromatic N) is 5. The van der Waals surface area contributed by atoms with E-state index in [0.717, 1.165) is 19.6 Å². The average molecular weight is 427 g/mol. The zero-order valence-corrected chi connectivity index (χ0v) is 18.1. The molecule has 1 amide bonds. The largest absolute Gasteiger partial charge is 0.339 e. The number of hydrogen-bond acceptors (Lipinski definition) is 4. The number of fused-ring (bicyclic) bond motifs is 1. The molecule has 3 heterocycles. The molecule has 1 saturated heterocycles. The molecule has 0 unspecified atom stereocenters. The summed E-state index contributed by atoms with van der Waals surface area (Å²) < 4.78 is 28.4. The van der Waals surface area contributed by atoms with Crippen molar-refractivity contribution in [2.24, 2.45) is 0 Å². The van der Waals surface area contributed by atoms with Gasteiger partial charge in [0, 0.05) is 44.0 Å². The third kappa shape index (κ3) is 4.44. The Balaban J connectivity index is 1.44. The number of amides is 1. The molecule has 2 aromatic heterocycles. The van der Waals surface area contributed by atoms with Crippen molar-refractivity contribution in [3.05, 3.63) is 58.4 Å². The van der Waals surface area contributed by atoms with Gasteiger partial charge in [-0.05, 0) is 38.0 Å². The molecule has 0 radical (unpaired) electrons. The van der Waals surface area contributed by atoms with Gasteiger partial charge in [-0.2, -0.15) is 5.10 Å². The molecule has 0 N–H and O–H groups in total. The summed E-state index contributed by atoms with van der Waals surface area (Å²) in [4.78, 5) is 21.5. The van der Waals surface area contributed by atoms with Crippen LogP contribution in [-0.2, 0) is 17.9 Å². The lowest BCUT2D eigenvalue weighted by atomic mass is 10.1. The Bertz CT molecular complexity index is 1100. The van der Waals surface area contributed by atoms with Crippen molar-refractivity contribution < 1.29 is 13.6 Å². The van der Waals surface area contributed by atoms with Crippen LogP contribution in [0.1, 0.15) is 34.5 Å². The van der Waals surface area contributed by atoms with Crippen LogP contribution in [0.5, 0.6) is 0 Å². The number of benzene rings is 1. The van der Waals surface area contributed by atoms with Crippen molar-refractivity contribution in [2.75, 3.05) is 26.2 Å². The van der Waals surface area contributed by atoms with Crippen LogP contribution < -0.4 is 0 Å². The lowest BCUT2D eigenvalue weighted by Gasteiger charge is -2.35. The molecule has 1 aliphatic heterocycles. The number of aromatic nitrogens is 3. The molecule has 8 heteroatoms. The second-order valence-electron chi connectivity index (χ2n) is 8.18. The van der Waals surface area contributed by atoms with Crippen LogP contribution in [-0.4, -0.2) is 56.7 Å². The van der Waals surface area contributed by atoms with Crippen LogP contribution in [0.25, 0.3) is 11.0 Å². The molecule has 1 aromatic carbocycles. The summed E-state index contributed by atoms with van der Waals surface area (Å²) in [6, 6.07) is 9.73. The molecule has 0 aliphatic carbocycles. The molecule has 6 nitrogen and oxygen atoms in total. The van der Waals surface area contributed by atoms with Crippen molar-refractivity contribution in [3.63, 3.8) is 0 Å². The molecule has 0 bridgehead atoms. The summed E-state index contributed by atoms with van der Waals surface area (Å²) >= 11 is 0. The van der Waals surface area contributed by atoms with E-state index >= 15 is 0 Å². The predicted molar refractivity (Wildman–Crippen MR) is 115 cm³/mol. The van der Waals surface area contributed by atoms with Gasteiger partial charge in [0.1, 0.15) is 6.54 Å². The minimum absolute atomic E-state index is 0.00125. The number of hydrogen-bond donors (Lipinski definition) is 0. The van der Waals surface area contributed by atoms with E-state index in [4.69, 9.17) is 0 Å². The van der Waals surface area contributed by atoms with Gasteiger partial charge in [0.2, 0.25) is 5.91 Å². The number of halogens is 2. The maximum Gasteiger partial charge on any atom is 0.264 e. The van der Waals surface area contributed by atoms with E-state index in [9.17, 15) is 13.6 Å². The molecular formula is C23H27F2N5O. The van der Waals surface area contributed by atoms with E-state index in [-0.39, 0.29) is 18.0 Å². The Labute approximate surface area is 180 Å². The molecule has 31 heavy (non-hydrogen) atoms. The van der Waals surface area contributed by atoms with Crippen molar-refractivity contribution in [3.8, 4) is 0 Å². The van der Waals surface area contributed by atoms with E-state index in [0.29, 0.717) is 35.5 Å². The summed E-state index contributed by atoms with van der Waals surface area (Å²) in [5.74, 6) is -0.0677. The van der Waals surface area contributed by atoms with Crippen LogP contribution in [0.4, 0.5) is 8.78 Å². The Morgan fingerprint density at radius 2 is 1.81 bits per heavy atom. The van der Waals surface area contributed by atoms with Gasteiger partial charge in [-0.3, -0.25) is 9.69 Å². The molecule has 0 spiro atoms. The highest BCUT2D eigenvalue weighted by molar-refractivity contribution is 5.84. The van der Waals surface area contributed by atoms with Gasteiger partial charge in [-0.25, -0.2) is 18.4 Å². The maximum atomic E-state index is 13.5. The van der Waals surface area contributed by atoms with Gasteiger partial charge in [0.25, 0.3) is 6.43 Å². The molecule has 0 saturated carbocycles. The number of alkyl halides is 2. The smallest absolute Gasteiger partial charge is 0.264 e. The van der Waals surface area contributed by atoms with Crippen LogP contribution in [0.15, 0.2) is 30.3 Å². The normalized spacial score (nSPS) is 15.2. The Hall–Kier alpha value is -2.87. The first kappa shape index (κ1) is 21.4. The van der Waals surface area contributed by atoms with Crippen molar-refractivity contribution in [1.82, 2.24) is 24.6 Å². The third-order valence-electron chi connectivity index (χ3n) is 5.94. The van der Waals surface area contributed by atoms with Gasteiger partial charge in [0.15, 0.2) is 5.65 Å². The Kier molecular flexibility index (Phi) is 6.00. The molecule has 4 rings (SSSR count). The van der Waals surface area contributed by atoms with Crippen LogP contribution in [0.2, 0.25) is 0 Å². The number of pyridine rings is 1. The summed E-state index contributed by atoms with van der Waals surface area (Å²) in [6.07, 6.45) is -2.61. The molecule has 1 fully saturated rings. The number of carbonyl (C=O) groups excluding carboxylic acids is 1. The minimum atomic E-state index is -2.61. The van der Waals surface area contributed by atoms with Gasteiger partial charge < -0.3 is 4.90 Å². The second kappa shape index (κ2) is 8.70. The number of carbonyl (C=O) groups is 1. The molecular weight excluding hydrogens is 400 g/mol. The van der Waals surface area contributed by atoms with Crippen LogP contribution in [0, 0.1) is 20.8 Å². The topological polar surface area (TPSA) is 54.3 Å². The Morgan fingerprint density at radius 1 is 1.10 bits per heavy atom. The fourth-order valence-electron chi connectivity index (χ4n) is 4.21. The zero-order valence-electron chi connectivity index (χ0n) is 18.1. The molecule has 3 aromatic rings. The number of aryl methyl sites for hydroxylation is 3. The summed E-state index contributed by atoms with van der Waals surface area (Å²) in [7, 11) is 0. The van der Waals surface area contributed by atoms with E-state index in [1.54, 1.807) is 13.8 Å². The van der Waals surface area contributed by atoms with Gasteiger partial charge in [-0.15, -0.1) is 0 Å². The standard InChI is InChI=1S/C23H27F2N5O/c1-15-6-4-5-7-18(15)13-28-8-10-29(11-9-28)20(31)14-30-23-21(17(3)27-30)19(22(24)25)12-16(2)26-23/h4-7,12,22H,8-11,13-14H2,1-3H3. The average Bonchev–Trinajstić information content (AvgIpc) is 3.04. The minimum Gasteiger partial charge on any atom is -0.339 e. The highest BCUT2D eigenvalue weighted by Crippen LogP contribution is 2.30. The van der Waals surface area contributed by atoms with Crippen molar-refractivity contribution in [2.45, 2.75) is 40.3 Å². The van der Waals surface area contributed by atoms with Crippen molar-refractivity contribution in [1.29, 1.82) is 0 Å². The fourth-order valence-corrected chi connectivity index (χ4v) is 4.21. The van der Waals surface area contributed by atoms with E-state index in [1.807, 2.05) is 17.0 Å². The maximum absolute atomic E-state index is 13.5.